The van der Waals surface area contributed by atoms with Crippen LogP contribution in [0.3, 0.4) is 0 Å². The summed E-state index contributed by atoms with van der Waals surface area (Å²) in [5, 5.41) is 13.8. The minimum atomic E-state index is -1.04. The fourth-order valence-electron chi connectivity index (χ4n) is 2.64. The van der Waals surface area contributed by atoms with Crippen LogP contribution >= 0.6 is 0 Å². The Labute approximate surface area is 145 Å². The molecule has 1 amide bonds. The van der Waals surface area contributed by atoms with Crippen LogP contribution in [0.4, 0.5) is 4.39 Å². The molecule has 0 aliphatic rings. The number of benzene rings is 3. The van der Waals surface area contributed by atoms with Gasteiger partial charge in [-0.3, -0.25) is 4.79 Å². The molecule has 25 heavy (non-hydrogen) atoms. The second kappa shape index (κ2) is 7.41. The van der Waals surface area contributed by atoms with Crippen LogP contribution in [0.1, 0.15) is 17.2 Å². The van der Waals surface area contributed by atoms with Crippen LogP contribution < -0.4 is 5.32 Å². The fourth-order valence-corrected chi connectivity index (χ4v) is 2.64. The van der Waals surface area contributed by atoms with Crippen molar-refractivity contribution in [2.24, 2.45) is 0 Å². The van der Waals surface area contributed by atoms with E-state index in [1.54, 1.807) is 12.1 Å². The molecule has 0 saturated carbocycles. The van der Waals surface area contributed by atoms with Crippen molar-refractivity contribution in [3.63, 3.8) is 0 Å². The van der Waals surface area contributed by atoms with Gasteiger partial charge in [-0.05, 0) is 28.5 Å². The van der Waals surface area contributed by atoms with Gasteiger partial charge in [-0.25, -0.2) is 4.39 Å². The van der Waals surface area contributed by atoms with E-state index in [-0.39, 0.29) is 5.56 Å². The molecule has 0 aliphatic heterocycles. The third-order valence-electron chi connectivity index (χ3n) is 3.87. The third-order valence-corrected chi connectivity index (χ3v) is 3.87. The smallest absolute Gasteiger partial charge is 0.245 e. The number of hydrogen-bond acceptors (Lipinski definition) is 2. The van der Waals surface area contributed by atoms with Gasteiger partial charge in [0.1, 0.15) is 11.9 Å². The molecule has 4 heteroatoms. The van der Waals surface area contributed by atoms with E-state index < -0.39 is 17.8 Å². The number of nitrogens with one attached hydrogen (secondary N) is 1. The topological polar surface area (TPSA) is 52.9 Å². The summed E-state index contributed by atoms with van der Waals surface area (Å²) in [4.78, 5) is 12.1. The Morgan fingerprint density at radius 3 is 2.56 bits per heavy atom. The van der Waals surface area contributed by atoms with Gasteiger partial charge in [0.2, 0.25) is 5.91 Å². The van der Waals surface area contributed by atoms with Crippen molar-refractivity contribution in [3.8, 4) is 6.07 Å². The summed E-state index contributed by atoms with van der Waals surface area (Å²) in [5.74, 6) is -0.977. The molecule has 0 heterocycles. The number of carbonyl (C=O) groups excluding carboxylic acids is 1. The Hall–Kier alpha value is -3.45. The third kappa shape index (κ3) is 3.73. The summed E-state index contributed by atoms with van der Waals surface area (Å²) in [5.41, 5.74) is 1.05. The minimum Gasteiger partial charge on any atom is -0.333 e. The predicted molar refractivity (Wildman–Crippen MR) is 95.9 cm³/mol. The monoisotopic (exact) mass is 330 g/mol. The predicted octanol–water partition coefficient (Wildman–Crippen LogP) is 4.37. The Morgan fingerprint density at radius 2 is 1.76 bits per heavy atom. The second-order valence-corrected chi connectivity index (χ2v) is 5.49. The first-order valence-corrected chi connectivity index (χ1v) is 7.79. The van der Waals surface area contributed by atoms with Crippen LogP contribution in [-0.2, 0) is 4.79 Å². The molecule has 122 valence electrons. The first-order chi connectivity index (χ1) is 12.2. The molecule has 1 atom stereocenters. The van der Waals surface area contributed by atoms with Gasteiger partial charge in [-0.2, -0.15) is 5.26 Å². The lowest BCUT2D eigenvalue weighted by atomic mass is 10.0. The van der Waals surface area contributed by atoms with Crippen molar-refractivity contribution in [2.75, 3.05) is 0 Å². The van der Waals surface area contributed by atoms with E-state index in [2.05, 4.69) is 5.32 Å². The van der Waals surface area contributed by atoms with Crippen LogP contribution in [0.2, 0.25) is 0 Å². The number of fused-ring (bicyclic) bond motifs is 1. The molecule has 3 rings (SSSR count). The highest BCUT2D eigenvalue weighted by Gasteiger charge is 2.15. The lowest BCUT2D eigenvalue weighted by molar-refractivity contribution is -0.116. The van der Waals surface area contributed by atoms with Crippen LogP contribution in [-0.4, -0.2) is 5.91 Å². The zero-order valence-corrected chi connectivity index (χ0v) is 13.3. The highest BCUT2D eigenvalue weighted by Crippen LogP contribution is 2.20. The number of halogens is 1. The zero-order valence-electron chi connectivity index (χ0n) is 13.3. The lowest BCUT2D eigenvalue weighted by Crippen LogP contribution is -2.26. The molecule has 0 saturated heterocycles. The summed E-state index contributed by atoms with van der Waals surface area (Å²) >= 11 is 0. The van der Waals surface area contributed by atoms with Crippen LogP contribution in [0.25, 0.3) is 16.8 Å². The van der Waals surface area contributed by atoms with Gasteiger partial charge in [0.25, 0.3) is 0 Å². The Bertz CT molecular complexity index is 983. The molecule has 3 nitrogen and oxygen atoms in total. The molecule has 1 N–H and O–H groups in total. The quantitative estimate of drug-likeness (QED) is 0.722. The van der Waals surface area contributed by atoms with E-state index in [0.717, 1.165) is 16.3 Å². The van der Waals surface area contributed by atoms with Gasteiger partial charge in [0.05, 0.1) is 6.07 Å². The highest BCUT2D eigenvalue weighted by molar-refractivity contribution is 5.96. The number of rotatable bonds is 4. The Balaban J connectivity index is 1.79. The fraction of sp³-hybridized carbons (Fsp3) is 0.0476. The minimum absolute atomic E-state index is 0.150. The van der Waals surface area contributed by atoms with E-state index in [1.165, 1.54) is 24.3 Å². The number of carbonyl (C=O) groups is 1. The molecule has 0 aliphatic carbocycles. The maximum absolute atomic E-state index is 13.8. The van der Waals surface area contributed by atoms with Crippen LogP contribution in [0, 0.1) is 17.1 Å². The highest BCUT2D eigenvalue weighted by atomic mass is 19.1. The van der Waals surface area contributed by atoms with E-state index in [4.69, 9.17) is 0 Å². The van der Waals surface area contributed by atoms with Crippen LogP contribution in [0.5, 0.6) is 0 Å². The van der Waals surface area contributed by atoms with Gasteiger partial charge < -0.3 is 5.32 Å². The van der Waals surface area contributed by atoms with Crippen molar-refractivity contribution < 1.29 is 9.18 Å². The van der Waals surface area contributed by atoms with Crippen molar-refractivity contribution >= 4 is 22.8 Å². The van der Waals surface area contributed by atoms with Crippen molar-refractivity contribution in [3.05, 3.63) is 89.8 Å². The first-order valence-electron chi connectivity index (χ1n) is 7.79. The number of nitrogens with zero attached hydrogens (tertiary/aromatic N) is 1. The average molecular weight is 330 g/mol. The molecule has 0 fully saturated rings. The normalized spacial score (nSPS) is 12.0. The Kier molecular flexibility index (Phi) is 4.87. The molecule has 0 spiro atoms. The van der Waals surface area contributed by atoms with Gasteiger partial charge in [-0.1, -0.05) is 60.7 Å². The zero-order chi connectivity index (χ0) is 17.6. The number of hydrogen-bond donors (Lipinski definition) is 1. The molecule has 0 bridgehead atoms. The molecule has 0 radical (unpaired) electrons. The summed E-state index contributed by atoms with van der Waals surface area (Å²) < 4.78 is 13.8. The van der Waals surface area contributed by atoms with Gasteiger partial charge >= 0.3 is 0 Å². The molecule has 0 aromatic heterocycles. The van der Waals surface area contributed by atoms with E-state index in [0.29, 0.717) is 0 Å². The second-order valence-electron chi connectivity index (χ2n) is 5.49. The largest absolute Gasteiger partial charge is 0.333 e. The average Bonchev–Trinajstić information content (AvgIpc) is 2.65. The lowest BCUT2D eigenvalue weighted by Gasteiger charge is -2.11. The van der Waals surface area contributed by atoms with Gasteiger partial charge in [0, 0.05) is 11.6 Å². The summed E-state index contributed by atoms with van der Waals surface area (Å²) in [6.07, 6.45) is 3.04. The number of amides is 1. The summed E-state index contributed by atoms with van der Waals surface area (Å²) in [7, 11) is 0. The SMILES string of the molecule is N#CC(NC(=O)/C=C/c1cccc2ccccc12)c1ccccc1F. The van der Waals surface area contributed by atoms with Crippen molar-refractivity contribution in [2.45, 2.75) is 6.04 Å². The first kappa shape index (κ1) is 16.4. The van der Waals surface area contributed by atoms with E-state index >= 15 is 0 Å². The van der Waals surface area contributed by atoms with Crippen molar-refractivity contribution in [1.82, 2.24) is 5.32 Å². The Morgan fingerprint density at radius 1 is 1.04 bits per heavy atom. The summed E-state index contributed by atoms with van der Waals surface area (Å²) in [6.45, 7) is 0. The van der Waals surface area contributed by atoms with E-state index in [9.17, 15) is 14.4 Å². The number of nitriles is 1. The van der Waals surface area contributed by atoms with E-state index in [1.807, 2.05) is 48.5 Å². The maximum Gasteiger partial charge on any atom is 0.245 e. The molecule has 3 aromatic carbocycles. The molecular formula is C21H15FN2O. The molecule has 3 aromatic rings. The maximum atomic E-state index is 13.8. The van der Waals surface area contributed by atoms with Crippen LogP contribution in [0.15, 0.2) is 72.8 Å². The van der Waals surface area contributed by atoms with Gasteiger partial charge in [-0.15, -0.1) is 0 Å². The molecule has 1 unspecified atom stereocenters. The standard InChI is InChI=1S/C21H15FN2O/c22-19-11-4-3-10-18(19)20(14-23)24-21(25)13-12-16-8-5-7-15-6-1-2-9-17(15)16/h1-13,20H,(H,24,25)/b13-12+. The van der Waals surface area contributed by atoms with Crippen molar-refractivity contribution in [1.29, 1.82) is 5.26 Å². The summed E-state index contributed by atoms with van der Waals surface area (Å²) in [6, 6.07) is 20.5. The van der Waals surface area contributed by atoms with Gasteiger partial charge in [0.15, 0.2) is 0 Å². The molecular weight excluding hydrogens is 315 g/mol.